The van der Waals surface area contributed by atoms with Crippen molar-refractivity contribution in [3.05, 3.63) is 47.5 Å². The lowest BCUT2D eigenvalue weighted by atomic mass is 9.61. The standard InChI is InChI=1S/C24H34O5/c1-17(2)20-10-11-24(15-28-16-26,13-22(27)29-23(3,4)5)12-21(20)19-8-6-18(14-25)7-9-19/h6-9,16,20-21,25H,1,10-15H2,2-5H3/t20-,21-,24-/m0/s1. The third kappa shape index (κ3) is 6.43. The normalized spacial score (nSPS) is 24.6. The van der Waals surface area contributed by atoms with Gasteiger partial charge in [-0.1, -0.05) is 36.4 Å². The lowest BCUT2D eigenvalue weighted by Gasteiger charge is -2.44. The highest BCUT2D eigenvalue weighted by Crippen LogP contribution is 2.51. The fourth-order valence-electron chi connectivity index (χ4n) is 4.42. The SMILES string of the molecule is C=C(C)[C@@H]1CC[C@@](COC=O)(CC(=O)OC(C)(C)C)C[C@H]1c1ccc(CO)cc1. The topological polar surface area (TPSA) is 72.8 Å². The Labute approximate surface area is 174 Å². The molecule has 1 aliphatic rings. The van der Waals surface area contributed by atoms with Gasteiger partial charge in [-0.05, 0) is 69.9 Å². The predicted molar refractivity (Wildman–Crippen MR) is 112 cm³/mol. The van der Waals surface area contributed by atoms with Crippen molar-refractivity contribution < 1.29 is 24.2 Å². The Morgan fingerprint density at radius 2 is 1.97 bits per heavy atom. The first-order valence-electron chi connectivity index (χ1n) is 10.2. The zero-order valence-corrected chi connectivity index (χ0v) is 18.1. The molecule has 0 saturated heterocycles. The summed E-state index contributed by atoms with van der Waals surface area (Å²) in [5, 5.41) is 9.34. The van der Waals surface area contributed by atoms with Gasteiger partial charge >= 0.3 is 5.97 Å². The van der Waals surface area contributed by atoms with E-state index in [1.54, 1.807) is 0 Å². The quantitative estimate of drug-likeness (QED) is 0.393. The Morgan fingerprint density at radius 3 is 2.48 bits per heavy atom. The van der Waals surface area contributed by atoms with E-state index in [0.717, 1.165) is 29.5 Å². The second-order valence-electron chi connectivity index (χ2n) is 9.37. The molecule has 29 heavy (non-hydrogen) atoms. The van der Waals surface area contributed by atoms with Crippen molar-refractivity contribution in [1.29, 1.82) is 0 Å². The first-order valence-corrected chi connectivity index (χ1v) is 10.2. The van der Waals surface area contributed by atoms with Crippen molar-refractivity contribution in [2.24, 2.45) is 11.3 Å². The molecule has 0 bridgehead atoms. The third-order valence-electron chi connectivity index (χ3n) is 5.74. The Hall–Kier alpha value is -2.14. The van der Waals surface area contributed by atoms with Crippen LogP contribution in [0.1, 0.15) is 70.4 Å². The van der Waals surface area contributed by atoms with E-state index in [0.29, 0.717) is 12.9 Å². The molecular weight excluding hydrogens is 368 g/mol. The van der Waals surface area contributed by atoms with Gasteiger partial charge in [0, 0.05) is 5.41 Å². The van der Waals surface area contributed by atoms with Crippen LogP contribution in [-0.4, -0.2) is 29.8 Å². The van der Waals surface area contributed by atoms with Crippen LogP contribution < -0.4 is 0 Å². The monoisotopic (exact) mass is 402 g/mol. The molecule has 1 saturated carbocycles. The number of esters is 1. The van der Waals surface area contributed by atoms with E-state index >= 15 is 0 Å². The molecule has 5 nitrogen and oxygen atoms in total. The van der Waals surface area contributed by atoms with Crippen LogP contribution in [0.5, 0.6) is 0 Å². The summed E-state index contributed by atoms with van der Waals surface area (Å²) < 4.78 is 10.7. The van der Waals surface area contributed by atoms with Crippen LogP contribution in [0.25, 0.3) is 0 Å². The lowest BCUT2D eigenvalue weighted by Crippen LogP contribution is -2.39. The number of carbonyl (C=O) groups excluding carboxylic acids is 2. The zero-order valence-electron chi connectivity index (χ0n) is 18.1. The maximum atomic E-state index is 12.6. The van der Waals surface area contributed by atoms with Gasteiger partial charge in [0.2, 0.25) is 0 Å². The van der Waals surface area contributed by atoms with Crippen molar-refractivity contribution in [3.63, 3.8) is 0 Å². The molecule has 0 radical (unpaired) electrons. The molecule has 1 N–H and O–H groups in total. The van der Waals surface area contributed by atoms with Crippen LogP contribution >= 0.6 is 0 Å². The average molecular weight is 403 g/mol. The van der Waals surface area contributed by atoms with Crippen molar-refractivity contribution in [1.82, 2.24) is 0 Å². The zero-order chi connectivity index (χ0) is 21.7. The average Bonchev–Trinajstić information content (AvgIpc) is 2.64. The van der Waals surface area contributed by atoms with Crippen LogP contribution in [-0.2, 0) is 25.7 Å². The second kappa shape index (κ2) is 9.57. The molecular formula is C24H34O5. The van der Waals surface area contributed by atoms with E-state index in [4.69, 9.17) is 9.47 Å². The van der Waals surface area contributed by atoms with Crippen LogP contribution in [0.3, 0.4) is 0 Å². The first kappa shape index (κ1) is 23.1. The molecule has 0 spiro atoms. The Bertz CT molecular complexity index is 716. The van der Waals surface area contributed by atoms with E-state index in [1.165, 1.54) is 0 Å². The smallest absolute Gasteiger partial charge is 0.307 e. The number of allylic oxidation sites excluding steroid dienone is 1. The highest BCUT2D eigenvalue weighted by atomic mass is 16.6. The first-order chi connectivity index (χ1) is 13.6. The highest BCUT2D eigenvalue weighted by Gasteiger charge is 2.44. The molecule has 2 rings (SSSR count). The van der Waals surface area contributed by atoms with Crippen molar-refractivity contribution in [2.75, 3.05) is 6.61 Å². The molecule has 3 atom stereocenters. The van der Waals surface area contributed by atoms with Crippen molar-refractivity contribution in [2.45, 2.75) is 71.5 Å². The molecule has 0 amide bonds. The van der Waals surface area contributed by atoms with Crippen LogP contribution in [0.15, 0.2) is 36.4 Å². The molecule has 160 valence electrons. The summed E-state index contributed by atoms with van der Waals surface area (Å²) in [4.78, 5) is 23.5. The maximum absolute atomic E-state index is 12.6. The van der Waals surface area contributed by atoms with E-state index in [1.807, 2.05) is 52.0 Å². The Balaban J connectivity index is 2.32. The van der Waals surface area contributed by atoms with Crippen LogP contribution in [0, 0.1) is 11.3 Å². The summed E-state index contributed by atoms with van der Waals surface area (Å²) in [6.45, 7) is 12.4. The number of ether oxygens (including phenoxy) is 2. The number of rotatable bonds is 8. The molecule has 5 heteroatoms. The van der Waals surface area contributed by atoms with Crippen molar-refractivity contribution >= 4 is 12.4 Å². The third-order valence-corrected chi connectivity index (χ3v) is 5.74. The molecule has 0 unspecified atom stereocenters. The van der Waals surface area contributed by atoms with Gasteiger partial charge < -0.3 is 14.6 Å². The minimum atomic E-state index is -0.557. The molecule has 1 aromatic rings. The van der Waals surface area contributed by atoms with Gasteiger partial charge in [-0.15, -0.1) is 0 Å². The van der Waals surface area contributed by atoms with E-state index in [2.05, 4.69) is 6.58 Å². The number of hydrogen-bond donors (Lipinski definition) is 1. The molecule has 0 aromatic heterocycles. The minimum Gasteiger partial charge on any atom is -0.467 e. The van der Waals surface area contributed by atoms with Gasteiger partial charge in [-0.3, -0.25) is 9.59 Å². The van der Waals surface area contributed by atoms with Gasteiger partial charge in [-0.25, -0.2) is 0 Å². The number of aliphatic hydroxyl groups excluding tert-OH is 1. The van der Waals surface area contributed by atoms with E-state index in [9.17, 15) is 14.7 Å². The van der Waals surface area contributed by atoms with Gasteiger partial charge in [-0.2, -0.15) is 0 Å². The highest BCUT2D eigenvalue weighted by molar-refractivity contribution is 5.71. The van der Waals surface area contributed by atoms with E-state index in [-0.39, 0.29) is 37.4 Å². The van der Waals surface area contributed by atoms with Gasteiger partial charge in [0.25, 0.3) is 6.47 Å². The Kier molecular flexibility index (Phi) is 7.64. The van der Waals surface area contributed by atoms with Crippen molar-refractivity contribution in [3.8, 4) is 0 Å². The number of carbonyl (C=O) groups is 2. The largest absolute Gasteiger partial charge is 0.467 e. The van der Waals surface area contributed by atoms with Crippen LogP contribution in [0.2, 0.25) is 0 Å². The molecule has 0 heterocycles. The Morgan fingerprint density at radius 1 is 1.31 bits per heavy atom. The molecule has 1 aliphatic carbocycles. The maximum Gasteiger partial charge on any atom is 0.307 e. The molecule has 1 aromatic carbocycles. The predicted octanol–water partition coefficient (Wildman–Crippen LogP) is 4.53. The fourth-order valence-corrected chi connectivity index (χ4v) is 4.42. The summed E-state index contributed by atoms with van der Waals surface area (Å²) in [6, 6.07) is 7.93. The minimum absolute atomic E-state index is 0.00458. The summed E-state index contributed by atoms with van der Waals surface area (Å²) in [5.41, 5.74) is 2.10. The number of hydrogen-bond acceptors (Lipinski definition) is 5. The number of aliphatic hydroxyl groups is 1. The van der Waals surface area contributed by atoms with Gasteiger partial charge in [0.1, 0.15) is 5.60 Å². The fraction of sp³-hybridized carbons (Fsp3) is 0.583. The summed E-state index contributed by atoms with van der Waals surface area (Å²) in [7, 11) is 0. The molecule has 1 fully saturated rings. The summed E-state index contributed by atoms with van der Waals surface area (Å²) in [5.74, 6) is 0.180. The summed E-state index contributed by atoms with van der Waals surface area (Å²) in [6.07, 6.45) is 2.55. The second-order valence-corrected chi connectivity index (χ2v) is 9.37. The summed E-state index contributed by atoms with van der Waals surface area (Å²) >= 11 is 0. The molecule has 0 aliphatic heterocycles. The van der Waals surface area contributed by atoms with Gasteiger partial charge in [0.05, 0.1) is 19.6 Å². The van der Waals surface area contributed by atoms with Gasteiger partial charge in [0.15, 0.2) is 0 Å². The van der Waals surface area contributed by atoms with E-state index < -0.39 is 11.0 Å². The number of benzene rings is 1. The van der Waals surface area contributed by atoms with Crippen LogP contribution in [0.4, 0.5) is 0 Å². The lowest BCUT2D eigenvalue weighted by molar-refractivity contribution is -0.161.